The molecule has 1 saturated heterocycles. The van der Waals surface area contributed by atoms with E-state index in [9.17, 15) is 14.7 Å². The van der Waals surface area contributed by atoms with Crippen molar-refractivity contribution in [2.24, 2.45) is 12.5 Å². The lowest BCUT2D eigenvalue weighted by Crippen LogP contribution is -2.53. The molecule has 0 saturated carbocycles. The molecule has 1 aliphatic heterocycles. The average molecular weight is 532 g/mol. The molecule has 5 rings (SSSR count). The first-order valence-corrected chi connectivity index (χ1v) is 13.7. The van der Waals surface area contributed by atoms with Gasteiger partial charge in [-0.25, -0.2) is 14.8 Å². The molecule has 1 aliphatic carbocycles. The molecule has 1 unspecified atom stereocenters. The highest BCUT2D eigenvalue weighted by Crippen LogP contribution is 2.36. The van der Waals surface area contributed by atoms with E-state index in [1.807, 2.05) is 19.3 Å². The SMILES string of the molecule is CCc1cccc(CC)c1NC(=O)c1nn(C)c2c1CCc1cnc(NC3CCN(C(=O)O)CC3(C)C)nc1-2. The summed E-state index contributed by atoms with van der Waals surface area (Å²) in [6.07, 6.45) is 4.70. The summed E-state index contributed by atoms with van der Waals surface area (Å²) in [5, 5.41) is 20.7. The van der Waals surface area contributed by atoms with Crippen molar-refractivity contribution in [2.45, 2.75) is 65.8 Å². The number of hydrogen-bond acceptors (Lipinski definition) is 6. The van der Waals surface area contributed by atoms with Crippen molar-refractivity contribution in [1.29, 1.82) is 0 Å². The highest BCUT2D eigenvalue weighted by molar-refractivity contribution is 6.05. The number of amides is 2. The Bertz CT molecular complexity index is 1410. The fourth-order valence-electron chi connectivity index (χ4n) is 5.93. The van der Waals surface area contributed by atoms with E-state index in [1.165, 1.54) is 4.90 Å². The highest BCUT2D eigenvalue weighted by atomic mass is 16.4. The van der Waals surface area contributed by atoms with Gasteiger partial charge < -0.3 is 20.6 Å². The van der Waals surface area contributed by atoms with Gasteiger partial charge in [-0.2, -0.15) is 5.10 Å². The summed E-state index contributed by atoms with van der Waals surface area (Å²) in [6, 6.07) is 6.16. The first-order valence-electron chi connectivity index (χ1n) is 13.7. The molecule has 39 heavy (non-hydrogen) atoms. The van der Waals surface area contributed by atoms with Crippen LogP contribution in [0.25, 0.3) is 11.4 Å². The van der Waals surface area contributed by atoms with Gasteiger partial charge in [0.1, 0.15) is 0 Å². The van der Waals surface area contributed by atoms with Gasteiger partial charge in [-0.1, -0.05) is 45.9 Å². The molecule has 0 radical (unpaired) electrons. The molecule has 3 heterocycles. The first kappa shape index (κ1) is 26.6. The fraction of sp³-hybridized carbons (Fsp3) is 0.483. The molecule has 10 heteroatoms. The molecule has 3 N–H and O–H groups in total. The zero-order chi connectivity index (χ0) is 27.9. The molecule has 10 nitrogen and oxygen atoms in total. The van der Waals surface area contributed by atoms with E-state index < -0.39 is 6.09 Å². The summed E-state index contributed by atoms with van der Waals surface area (Å²) in [5.74, 6) is 0.297. The molecule has 1 atom stereocenters. The van der Waals surface area contributed by atoms with E-state index in [0.29, 0.717) is 37.6 Å². The number of piperidine rings is 1. The van der Waals surface area contributed by atoms with Crippen molar-refractivity contribution in [3.05, 3.63) is 52.3 Å². The summed E-state index contributed by atoms with van der Waals surface area (Å²) in [7, 11) is 1.85. The number of fused-ring (bicyclic) bond motifs is 3. The van der Waals surface area contributed by atoms with Gasteiger partial charge in [-0.05, 0) is 48.8 Å². The fourth-order valence-corrected chi connectivity index (χ4v) is 5.93. The van der Waals surface area contributed by atoms with Gasteiger partial charge in [0.2, 0.25) is 5.95 Å². The van der Waals surface area contributed by atoms with E-state index in [4.69, 9.17) is 4.98 Å². The van der Waals surface area contributed by atoms with Crippen LogP contribution in [0.5, 0.6) is 0 Å². The lowest BCUT2D eigenvalue weighted by atomic mass is 9.79. The predicted molar refractivity (Wildman–Crippen MR) is 150 cm³/mol. The van der Waals surface area contributed by atoms with Crippen LogP contribution in [0.2, 0.25) is 0 Å². The monoisotopic (exact) mass is 531 g/mol. The van der Waals surface area contributed by atoms with Crippen molar-refractivity contribution in [3.63, 3.8) is 0 Å². The van der Waals surface area contributed by atoms with Gasteiger partial charge in [0.15, 0.2) is 5.69 Å². The topological polar surface area (TPSA) is 125 Å². The second kappa shape index (κ2) is 10.3. The van der Waals surface area contributed by atoms with Crippen LogP contribution in [0.4, 0.5) is 16.4 Å². The summed E-state index contributed by atoms with van der Waals surface area (Å²) < 4.78 is 1.75. The zero-order valence-corrected chi connectivity index (χ0v) is 23.3. The number of rotatable bonds is 6. The molecule has 3 aromatic rings. The van der Waals surface area contributed by atoms with E-state index in [-0.39, 0.29) is 17.4 Å². The number of carbonyl (C=O) groups excluding carboxylic acids is 1. The number of carboxylic acid groups (broad SMARTS) is 1. The Labute approximate surface area is 228 Å². The minimum absolute atomic E-state index is 0.0217. The second-order valence-electron chi connectivity index (χ2n) is 11.2. The smallest absolute Gasteiger partial charge is 0.407 e. The molecular weight excluding hydrogens is 494 g/mol. The molecular formula is C29H37N7O3. The maximum atomic E-state index is 13.5. The first-order chi connectivity index (χ1) is 18.6. The number of aromatic nitrogens is 4. The van der Waals surface area contributed by atoms with Crippen molar-refractivity contribution in [3.8, 4) is 11.4 Å². The summed E-state index contributed by atoms with van der Waals surface area (Å²) in [5.41, 5.74) is 6.79. The van der Waals surface area contributed by atoms with Gasteiger partial charge in [0.25, 0.3) is 5.91 Å². The Morgan fingerprint density at radius 1 is 1.15 bits per heavy atom. The maximum Gasteiger partial charge on any atom is 0.407 e. The number of carbonyl (C=O) groups is 2. The Kier molecular flexibility index (Phi) is 7.05. The standard InChI is InChI=1S/C29H37N7O3/c1-6-17-9-8-10-18(7-2)22(17)32-26(37)24-20-12-11-19-15-30-27(33-23(19)25(20)35(5)34-24)31-21-13-14-36(28(38)39)16-29(21,3)4/h8-10,15,21H,6-7,11-14,16H2,1-5H3,(H,32,37)(H,38,39)(H,30,31,33). The Hall–Kier alpha value is -3.95. The van der Waals surface area contributed by atoms with Crippen molar-refractivity contribution in [1.82, 2.24) is 24.6 Å². The minimum Gasteiger partial charge on any atom is -0.465 e. The van der Waals surface area contributed by atoms with E-state index in [0.717, 1.165) is 58.6 Å². The number of likely N-dealkylation sites (tertiary alicyclic amines) is 1. The summed E-state index contributed by atoms with van der Waals surface area (Å²) in [6.45, 7) is 9.20. The number of anilines is 2. The zero-order valence-electron chi connectivity index (χ0n) is 23.3. The lowest BCUT2D eigenvalue weighted by molar-refractivity contribution is 0.0869. The van der Waals surface area contributed by atoms with Crippen molar-refractivity contribution in [2.75, 3.05) is 23.7 Å². The number of nitrogens with one attached hydrogen (secondary N) is 2. The van der Waals surface area contributed by atoms with Crippen LogP contribution in [-0.4, -0.2) is 60.9 Å². The van der Waals surface area contributed by atoms with Gasteiger partial charge in [-0.15, -0.1) is 0 Å². The minimum atomic E-state index is -0.890. The molecule has 0 bridgehead atoms. The Balaban J connectivity index is 1.43. The number of benzene rings is 1. The molecule has 0 spiro atoms. The van der Waals surface area contributed by atoms with Crippen LogP contribution in [0.15, 0.2) is 24.4 Å². The maximum absolute atomic E-state index is 13.5. The van der Waals surface area contributed by atoms with Gasteiger partial charge in [0, 0.05) is 49.0 Å². The van der Waals surface area contributed by atoms with Crippen LogP contribution in [-0.2, 0) is 32.7 Å². The molecule has 2 amide bonds. The second-order valence-corrected chi connectivity index (χ2v) is 11.2. The quantitative estimate of drug-likeness (QED) is 0.426. The third-order valence-corrected chi connectivity index (χ3v) is 8.13. The Morgan fingerprint density at radius 2 is 1.87 bits per heavy atom. The van der Waals surface area contributed by atoms with Gasteiger partial charge >= 0.3 is 6.09 Å². The molecule has 2 aromatic heterocycles. The van der Waals surface area contributed by atoms with E-state index in [2.05, 4.69) is 60.5 Å². The lowest BCUT2D eigenvalue weighted by Gasteiger charge is -2.43. The highest BCUT2D eigenvalue weighted by Gasteiger charge is 2.38. The van der Waals surface area contributed by atoms with Gasteiger partial charge in [0.05, 0.1) is 11.4 Å². The van der Waals surface area contributed by atoms with Crippen LogP contribution in [0.1, 0.15) is 66.9 Å². The average Bonchev–Trinajstić information content (AvgIpc) is 3.26. The number of nitrogens with zero attached hydrogens (tertiary/aromatic N) is 5. The summed E-state index contributed by atoms with van der Waals surface area (Å²) in [4.78, 5) is 36.0. The van der Waals surface area contributed by atoms with Crippen LogP contribution >= 0.6 is 0 Å². The number of hydrogen-bond donors (Lipinski definition) is 3. The molecule has 1 aromatic carbocycles. The molecule has 1 fully saturated rings. The number of para-hydroxylation sites is 1. The van der Waals surface area contributed by atoms with Crippen molar-refractivity contribution < 1.29 is 14.7 Å². The third-order valence-electron chi connectivity index (χ3n) is 8.13. The number of aryl methyl sites for hydroxylation is 4. The third kappa shape index (κ3) is 4.95. The molecule has 206 valence electrons. The normalized spacial score (nSPS) is 17.8. The summed E-state index contributed by atoms with van der Waals surface area (Å²) >= 11 is 0. The Morgan fingerprint density at radius 3 is 2.51 bits per heavy atom. The van der Waals surface area contributed by atoms with Crippen molar-refractivity contribution >= 4 is 23.6 Å². The largest absolute Gasteiger partial charge is 0.465 e. The van der Waals surface area contributed by atoms with Gasteiger partial charge in [-0.3, -0.25) is 9.48 Å². The molecule has 2 aliphatic rings. The predicted octanol–water partition coefficient (Wildman–Crippen LogP) is 4.54. The van der Waals surface area contributed by atoms with E-state index >= 15 is 0 Å². The van der Waals surface area contributed by atoms with Crippen LogP contribution in [0.3, 0.4) is 0 Å². The van der Waals surface area contributed by atoms with E-state index in [1.54, 1.807) is 4.68 Å². The van der Waals surface area contributed by atoms with Crippen LogP contribution in [0, 0.1) is 5.41 Å². The van der Waals surface area contributed by atoms with Crippen LogP contribution < -0.4 is 10.6 Å².